The fourth-order valence-corrected chi connectivity index (χ4v) is 2.22. The zero-order chi connectivity index (χ0) is 18.9. The minimum absolute atomic E-state index is 0.208. The SMILES string of the molecule is CCOc1cc(C#N)ccc1OCC(=O)Nc1ccc(OC)c(OC)c1. The van der Waals surface area contributed by atoms with Crippen LogP contribution in [0.3, 0.4) is 0 Å². The number of anilines is 1. The van der Waals surface area contributed by atoms with E-state index in [1.807, 2.05) is 13.0 Å². The van der Waals surface area contributed by atoms with Crippen LogP contribution in [0.25, 0.3) is 0 Å². The van der Waals surface area contributed by atoms with Gasteiger partial charge in [0, 0.05) is 17.8 Å². The molecule has 0 saturated heterocycles. The Bertz CT molecular complexity index is 814. The van der Waals surface area contributed by atoms with Gasteiger partial charge in [0.05, 0.1) is 32.5 Å². The van der Waals surface area contributed by atoms with Gasteiger partial charge in [0.25, 0.3) is 5.91 Å². The van der Waals surface area contributed by atoms with Crippen LogP contribution in [0.5, 0.6) is 23.0 Å². The van der Waals surface area contributed by atoms with Crippen LogP contribution in [0.2, 0.25) is 0 Å². The summed E-state index contributed by atoms with van der Waals surface area (Å²) < 4.78 is 21.3. The number of nitrogens with one attached hydrogen (secondary N) is 1. The van der Waals surface area contributed by atoms with Gasteiger partial charge in [0.2, 0.25) is 0 Å². The first kappa shape index (κ1) is 18.9. The van der Waals surface area contributed by atoms with Gasteiger partial charge in [-0.2, -0.15) is 5.26 Å². The Labute approximate surface area is 152 Å². The zero-order valence-corrected chi connectivity index (χ0v) is 14.9. The molecule has 0 aliphatic carbocycles. The van der Waals surface area contributed by atoms with Crippen molar-refractivity contribution in [3.8, 4) is 29.1 Å². The summed E-state index contributed by atoms with van der Waals surface area (Å²) in [6.07, 6.45) is 0. The van der Waals surface area contributed by atoms with Crippen LogP contribution in [0, 0.1) is 11.3 Å². The number of benzene rings is 2. The highest BCUT2D eigenvalue weighted by Crippen LogP contribution is 2.30. The third-order valence-corrected chi connectivity index (χ3v) is 3.40. The van der Waals surface area contributed by atoms with Gasteiger partial charge >= 0.3 is 0 Å². The summed E-state index contributed by atoms with van der Waals surface area (Å²) in [5.74, 6) is 1.56. The van der Waals surface area contributed by atoms with E-state index in [4.69, 9.17) is 24.2 Å². The number of methoxy groups -OCH3 is 2. The average molecular weight is 356 g/mol. The predicted molar refractivity (Wildman–Crippen MR) is 96.0 cm³/mol. The van der Waals surface area contributed by atoms with Crippen molar-refractivity contribution in [1.82, 2.24) is 0 Å². The number of hydrogen-bond donors (Lipinski definition) is 1. The molecule has 0 aliphatic rings. The zero-order valence-electron chi connectivity index (χ0n) is 14.9. The summed E-state index contributed by atoms with van der Waals surface area (Å²) in [4.78, 5) is 12.1. The van der Waals surface area contributed by atoms with Crippen LogP contribution in [0.15, 0.2) is 36.4 Å². The molecule has 0 radical (unpaired) electrons. The van der Waals surface area contributed by atoms with E-state index in [-0.39, 0.29) is 12.5 Å². The van der Waals surface area contributed by atoms with Gasteiger partial charge in [0.1, 0.15) is 0 Å². The van der Waals surface area contributed by atoms with Crippen LogP contribution >= 0.6 is 0 Å². The normalized spacial score (nSPS) is 9.77. The summed E-state index contributed by atoms with van der Waals surface area (Å²) in [7, 11) is 3.06. The first-order valence-corrected chi connectivity index (χ1v) is 7.92. The van der Waals surface area contributed by atoms with Gasteiger partial charge < -0.3 is 24.3 Å². The second kappa shape index (κ2) is 9.18. The van der Waals surface area contributed by atoms with Crippen LogP contribution < -0.4 is 24.3 Å². The standard InChI is InChI=1S/C19H20N2O5/c1-4-25-18-9-13(11-20)5-7-16(18)26-12-19(22)21-14-6-8-15(23-2)17(10-14)24-3/h5-10H,4,12H2,1-3H3,(H,21,22). The number of hydrogen-bond acceptors (Lipinski definition) is 6. The molecule has 136 valence electrons. The number of amides is 1. The van der Waals surface area contributed by atoms with Crippen LogP contribution in [0.1, 0.15) is 12.5 Å². The summed E-state index contributed by atoms with van der Waals surface area (Å²) in [5, 5.41) is 11.7. The second-order valence-corrected chi connectivity index (χ2v) is 5.11. The molecule has 0 unspecified atom stereocenters. The summed E-state index contributed by atoms with van der Waals surface area (Å²) in [5.41, 5.74) is 1.01. The largest absolute Gasteiger partial charge is 0.493 e. The third-order valence-electron chi connectivity index (χ3n) is 3.40. The number of nitrogens with zero attached hydrogens (tertiary/aromatic N) is 1. The second-order valence-electron chi connectivity index (χ2n) is 5.11. The van der Waals surface area contributed by atoms with E-state index in [2.05, 4.69) is 5.32 Å². The topological polar surface area (TPSA) is 89.8 Å². The van der Waals surface area contributed by atoms with Gasteiger partial charge in [-0.15, -0.1) is 0 Å². The van der Waals surface area contributed by atoms with E-state index >= 15 is 0 Å². The molecule has 2 aromatic carbocycles. The first-order valence-electron chi connectivity index (χ1n) is 7.92. The Morgan fingerprint density at radius 3 is 2.38 bits per heavy atom. The minimum Gasteiger partial charge on any atom is -0.493 e. The van der Waals surface area contributed by atoms with Crippen molar-refractivity contribution in [1.29, 1.82) is 5.26 Å². The Kier molecular flexibility index (Phi) is 6.68. The van der Waals surface area contributed by atoms with E-state index in [9.17, 15) is 4.79 Å². The average Bonchev–Trinajstić information content (AvgIpc) is 2.67. The number of rotatable bonds is 8. The highest BCUT2D eigenvalue weighted by atomic mass is 16.5. The molecule has 0 bridgehead atoms. The number of nitriles is 1. The summed E-state index contributed by atoms with van der Waals surface area (Å²) in [6.45, 7) is 2.04. The fourth-order valence-electron chi connectivity index (χ4n) is 2.22. The summed E-state index contributed by atoms with van der Waals surface area (Å²) in [6, 6.07) is 11.9. The van der Waals surface area contributed by atoms with Gasteiger partial charge in [-0.1, -0.05) is 0 Å². The van der Waals surface area contributed by atoms with Crippen molar-refractivity contribution in [3.05, 3.63) is 42.0 Å². The molecule has 26 heavy (non-hydrogen) atoms. The molecule has 7 nitrogen and oxygen atoms in total. The Hall–Kier alpha value is -3.40. The van der Waals surface area contributed by atoms with Crippen LogP contribution in [0.4, 0.5) is 5.69 Å². The molecule has 0 aromatic heterocycles. The van der Waals surface area contributed by atoms with Crippen molar-refractivity contribution in [2.24, 2.45) is 0 Å². The molecule has 0 saturated carbocycles. The van der Waals surface area contributed by atoms with Crippen molar-refractivity contribution < 1.29 is 23.7 Å². The third kappa shape index (κ3) is 4.80. The lowest BCUT2D eigenvalue weighted by atomic mass is 10.2. The smallest absolute Gasteiger partial charge is 0.262 e. The van der Waals surface area contributed by atoms with Crippen molar-refractivity contribution in [3.63, 3.8) is 0 Å². The van der Waals surface area contributed by atoms with Crippen LogP contribution in [-0.2, 0) is 4.79 Å². The van der Waals surface area contributed by atoms with Crippen molar-refractivity contribution in [2.45, 2.75) is 6.92 Å². The quantitative estimate of drug-likeness (QED) is 0.782. The molecule has 0 atom stereocenters. The highest BCUT2D eigenvalue weighted by Gasteiger charge is 2.11. The highest BCUT2D eigenvalue weighted by molar-refractivity contribution is 5.92. The van der Waals surface area contributed by atoms with Crippen molar-refractivity contribution >= 4 is 11.6 Å². The molecule has 0 spiro atoms. The fraction of sp³-hybridized carbons (Fsp3) is 0.263. The molecule has 1 N–H and O–H groups in total. The lowest BCUT2D eigenvalue weighted by Gasteiger charge is -2.13. The molecule has 1 amide bonds. The van der Waals surface area contributed by atoms with E-state index in [0.717, 1.165) is 0 Å². The minimum atomic E-state index is -0.343. The van der Waals surface area contributed by atoms with E-state index < -0.39 is 0 Å². The lowest BCUT2D eigenvalue weighted by Crippen LogP contribution is -2.20. The van der Waals surface area contributed by atoms with Crippen molar-refractivity contribution in [2.75, 3.05) is 32.8 Å². The Morgan fingerprint density at radius 2 is 1.73 bits per heavy atom. The summed E-state index contributed by atoms with van der Waals surface area (Å²) >= 11 is 0. The maximum absolute atomic E-state index is 12.1. The molecule has 0 aliphatic heterocycles. The maximum atomic E-state index is 12.1. The molecule has 2 rings (SSSR count). The molecule has 0 heterocycles. The number of ether oxygens (including phenoxy) is 4. The molecular formula is C19H20N2O5. The molecule has 7 heteroatoms. The molecular weight excluding hydrogens is 336 g/mol. The Balaban J connectivity index is 2.02. The van der Waals surface area contributed by atoms with E-state index in [1.165, 1.54) is 14.2 Å². The van der Waals surface area contributed by atoms with Gasteiger partial charge in [0.15, 0.2) is 29.6 Å². The lowest BCUT2D eigenvalue weighted by molar-refractivity contribution is -0.118. The first-order chi connectivity index (χ1) is 12.6. The monoisotopic (exact) mass is 356 g/mol. The van der Waals surface area contributed by atoms with E-state index in [0.29, 0.717) is 40.9 Å². The number of carbonyl (C=O) groups is 1. The predicted octanol–water partition coefficient (Wildman–Crippen LogP) is 2.99. The van der Waals surface area contributed by atoms with Gasteiger partial charge in [-0.3, -0.25) is 4.79 Å². The van der Waals surface area contributed by atoms with Gasteiger partial charge in [-0.25, -0.2) is 0 Å². The molecule has 2 aromatic rings. The van der Waals surface area contributed by atoms with Crippen LogP contribution in [-0.4, -0.2) is 33.3 Å². The molecule has 0 fully saturated rings. The number of carbonyl (C=O) groups excluding carboxylic acids is 1. The maximum Gasteiger partial charge on any atom is 0.262 e. The van der Waals surface area contributed by atoms with E-state index in [1.54, 1.807) is 36.4 Å². The van der Waals surface area contributed by atoms with Gasteiger partial charge in [-0.05, 0) is 31.2 Å². The Morgan fingerprint density at radius 1 is 1.00 bits per heavy atom.